The number of imidazole rings is 1. The van der Waals surface area contributed by atoms with Crippen LogP contribution in [0.4, 0.5) is 0 Å². The van der Waals surface area contributed by atoms with Crippen molar-refractivity contribution in [2.75, 3.05) is 0 Å². The minimum atomic E-state index is -0.0867. The normalized spacial score (nSPS) is 16.4. The first-order valence-corrected chi connectivity index (χ1v) is 3.21. The van der Waals surface area contributed by atoms with Crippen molar-refractivity contribution < 1.29 is 4.79 Å². The van der Waals surface area contributed by atoms with E-state index in [9.17, 15) is 4.79 Å². The van der Waals surface area contributed by atoms with Gasteiger partial charge in [-0.25, -0.2) is 10.4 Å². The molecular formula is C6H6N4O. The third-order valence-corrected chi connectivity index (χ3v) is 1.42. The molecule has 2 rings (SSSR count). The summed E-state index contributed by atoms with van der Waals surface area (Å²) in [5.74, 6) is 0.569. The summed E-state index contributed by atoms with van der Waals surface area (Å²) in [6, 6.07) is 0. The zero-order valence-corrected chi connectivity index (χ0v) is 5.66. The first kappa shape index (κ1) is 6.09. The quantitative estimate of drug-likeness (QED) is 0.573. The minimum absolute atomic E-state index is 0.0867. The molecule has 1 aliphatic rings. The molecule has 1 aromatic heterocycles. The number of carbonyl (C=O) groups excluding carboxylic acids is 1. The van der Waals surface area contributed by atoms with Crippen molar-refractivity contribution in [2.45, 2.75) is 6.42 Å². The number of hydrazone groups is 1. The van der Waals surface area contributed by atoms with E-state index >= 15 is 0 Å². The molecule has 0 saturated heterocycles. The standard InChI is InChI=1S/C6H6N4O/c11-5-3-4(9-10-5)6-7-1-2-8-6/h1-2H,3H2,(H,7,8)(H,10,11). The van der Waals surface area contributed by atoms with Crippen LogP contribution >= 0.6 is 0 Å². The fourth-order valence-corrected chi connectivity index (χ4v) is 0.921. The number of nitrogens with zero attached hydrogens (tertiary/aromatic N) is 2. The van der Waals surface area contributed by atoms with Crippen LogP contribution in [-0.4, -0.2) is 21.6 Å². The van der Waals surface area contributed by atoms with Crippen molar-refractivity contribution in [3.8, 4) is 0 Å². The zero-order chi connectivity index (χ0) is 7.68. The molecule has 0 aromatic carbocycles. The van der Waals surface area contributed by atoms with Crippen molar-refractivity contribution in [1.29, 1.82) is 0 Å². The lowest BCUT2D eigenvalue weighted by molar-refractivity contribution is -0.119. The maximum absolute atomic E-state index is 10.7. The predicted molar refractivity (Wildman–Crippen MR) is 37.9 cm³/mol. The Morgan fingerprint density at radius 2 is 2.45 bits per heavy atom. The molecule has 0 saturated carbocycles. The Balaban J connectivity index is 2.26. The van der Waals surface area contributed by atoms with E-state index in [4.69, 9.17) is 0 Å². The summed E-state index contributed by atoms with van der Waals surface area (Å²) in [5, 5.41) is 3.78. The van der Waals surface area contributed by atoms with Crippen molar-refractivity contribution in [3.63, 3.8) is 0 Å². The van der Waals surface area contributed by atoms with Gasteiger partial charge in [0.1, 0.15) is 5.71 Å². The van der Waals surface area contributed by atoms with Gasteiger partial charge in [-0.3, -0.25) is 4.79 Å². The Labute approximate surface area is 62.5 Å². The Morgan fingerprint density at radius 1 is 1.55 bits per heavy atom. The van der Waals surface area contributed by atoms with E-state index in [1.54, 1.807) is 12.4 Å². The SMILES string of the molecule is O=C1CC(c2ncc[nH]2)=NN1. The Bertz CT molecular complexity index is 300. The van der Waals surface area contributed by atoms with Gasteiger partial charge in [-0.2, -0.15) is 5.10 Å². The van der Waals surface area contributed by atoms with E-state index in [1.165, 1.54) is 0 Å². The number of aromatic nitrogens is 2. The first-order valence-electron chi connectivity index (χ1n) is 3.21. The monoisotopic (exact) mass is 150 g/mol. The van der Waals surface area contributed by atoms with E-state index in [0.717, 1.165) is 0 Å². The number of nitrogens with one attached hydrogen (secondary N) is 2. The second kappa shape index (κ2) is 2.19. The lowest BCUT2D eigenvalue weighted by atomic mass is 10.3. The van der Waals surface area contributed by atoms with Crippen LogP contribution in [0.2, 0.25) is 0 Å². The summed E-state index contributed by atoms with van der Waals surface area (Å²) in [7, 11) is 0. The van der Waals surface area contributed by atoms with Gasteiger partial charge in [0.05, 0.1) is 6.42 Å². The van der Waals surface area contributed by atoms with E-state index in [-0.39, 0.29) is 5.91 Å². The van der Waals surface area contributed by atoms with Crippen LogP contribution in [0.3, 0.4) is 0 Å². The highest BCUT2D eigenvalue weighted by Crippen LogP contribution is 2.01. The number of rotatable bonds is 1. The second-order valence-electron chi connectivity index (χ2n) is 2.21. The molecule has 0 unspecified atom stereocenters. The average molecular weight is 150 g/mol. The summed E-state index contributed by atoms with van der Waals surface area (Å²) < 4.78 is 0. The molecule has 1 aromatic rings. The molecule has 1 aliphatic heterocycles. The number of amides is 1. The van der Waals surface area contributed by atoms with E-state index in [0.29, 0.717) is 18.0 Å². The molecule has 5 nitrogen and oxygen atoms in total. The molecule has 2 N–H and O–H groups in total. The number of hydrogen-bond donors (Lipinski definition) is 2. The molecule has 0 aliphatic carbocycles. The lowest BCUT2D eigenvalue weighted by Gasteiger charge is -1.87. The molecule has 1 amide bonds. The van der Waals surface area contributed by atoms with Gasteiger partial charge in [-0.05, 0) is 0 Å². The third-order valence-electron chi connectivity index (χ3n) is 1.42. The summed E-state index contributed by atoms with van der Waals surface area (Å²) in [4.78, 5) is 17.5. The molecule has 0 fully saturated rings. The summed E-state index contributed by atoms with van der Waals surface area (Å²) in [5.41, 5.74) is 3.01. The first-order chi connectivity index (χ1) is 5.36. The Morgan fingerprint density at radius 3 is 3.00 bits per heavy atom. The van der Waals surface area contributed by atoms with Crippen molar-refractivity contribution in [3.05, 3.63) is 18.2 Å². The van der Waals surface area contributed by atoms with E-state index < -0.39 is 0 Å². The van der Waals surface area contributed by atoms with Crippen LogP contribution in [-0.2, 0) is 4.79 Å². The molecule has 0 atom stereocenters. The maximum atomic E-state index is 10.7. The van der Waals surface area contributed by atoms with Crippen LogP contribution in [0.1, 0.15) is 12.2 Å². The molecule has 11 heavy (non-hydrogen) atoms. The van der Waals surface area contributed by atoms with Gasteiger partial charge >= 0.3 is 0 Å². The molecule has 0 spiro atoms. The Hall–Kier alpha value is -1.65. The number of H-pyrrole nitrogens is 1. The highest BCUT2D eigenvalue weighted by Gasteiger charge is 2.17. The Kier molecular flexibility index (Phi) is 1.21. The highest BCUT2D eigenvalue weighted by molar-refractivity contribution is 6.11. The van der Waals surface area contributed by atoms with Gasteiger partial charge in [-0.15, -0.1) is 0 Å². The van der Waals surface area contributed by atoms with E-state index in [1.807, 2.05) is 0 Å². The minimum Gasteiger partial charge on any atom is -0.344 e. The molecule has 2 heterocycles. The number of hydrogen-bond acceptors (Lipinski definition) is 3. The molecule has 0 radical (unpaired) electrons. The van der Waals surface area contributed by atoms with Gasteiger partial charge in [0.15, 0.2) is 5.82 Å². The van der Waals surface area contributed by atoms with Crippen LogP contribution in [0, 0.1) is 0 Å². The van der Waals surface area contributed by atoms with Crippen molar-refractivity contribution >= 4 is 11.6 Å². The summed E-state index contributed by atoms with van der Waals surface area (Å²) >= 11 is 0. The van der Waals surface area contributed by atoms with Crippen LogP contribution in [0.25, 0.3) is 0 Å². The van der Waals surface area contributed by atoms with Crippen LogP contribution in [0.5, 0.6) is 0 Å². The number of carbonyl (C=O) groups is 1. The van der Waals surface area contributed by atoms with Gasteiger partial charge in [-0.1, -0.05) is 0 Å². The largest absolute Gasteiger partial charge is 0.344 e. The highest BCUT2D eigenvalue weighted by atomic mass is 16.2. The average Bonchev–Trinajstić information content (AvgIpc) is 2.55. The van der Waals surface area contributed by atoms with Gasteiger partial charge < -0.3 is 4.98 Å². The third kappa shape index (κ3) is 1.000. The summed E-state index contributed by atoms with van der Waals surface area (Å²) in [6.07, 6.45) is 3.63. The van der Waals surface area contributed by atoms with Crippen molar-refractivity contribution in [2.24, 2.45) is 5.10 Å². The molecule has 5 heteroatoms. The predicted octanol–water partition coefficient (Wildman–Crippen LogP) is -0.366. The second-order valence-corrected chi connectivity index (χ2v) is 2.21. The maximum Gasteiger partial charge on any atom is 0.246 e. The fourth-order valence-electron chi connectivity index (χ4n) is 0.921. The van der Waals surface area contributed by atoms with Gasteiger partial charge in [0, 0.05) is 12.4 Å². The van der Waals surface area contributed by atoms with Crippen molar-refractivity contribution in [1.82, 2.24) is 15.4 Å². The zero-order valence-electron chi connectivity index (χ0n) is 5.66. The van der Waals surface area contributed by atoms with Gasteiger partial charge in [0.25, 0.3) is 0 Å². The molecular weight excluding hydrogens is 144 g/mol. The van der Waals surface area contributed by atoms with Crippen LogP contribution in [0.15, 0.2) is 17.5 Å². The topological polar surface area (TPSA) is 70.1 Å². The van der Waals surface area contributed by atoms with E-state index in [2.05, 4.69) is 20.5 Å². The van der Waals surface area contributed by atoms with Gasteiger partial charge in [0.2, 0.25) is 5.91 Å². The fraction of sp³-hybridized carbons (Fsp3) is 0.167. The smallest absolute Gasteiger partial charge is 0.246 e. The molecule has 56 valence electrons. The molecule has 0 bridgehead atoms. The lowest BCUT2D eigenvalue weighted by Crippen LogP contribution is -2.09. The van der Waals surface area contributed by atoms with Crippen LogP contribution < -0.4 is 5.43 Å². The summed E-state index contributed by atoms with van der Waals surface area (Å²) in [6.45, 7) is 0. The number of aromatic amines is 1.